The maximum atomic E-state index is 12.1. The molecule has 1 aliphatic rings. The zero-order valence-electron chi connectivity index (χ0n) is 10.4. The van der Waals surface area contributed by atoms with Crippen molar-refractivity contribution in [3.8, 4) is 0 Å². The highest BCUT2D eigenvalue weighted by Gasteiger charge is 2.30. The number of hydrogen-bond donors (Lipinski definition) is 2. The van der Waals surface area contributed by atoms with Crippen molar-refractivity contribution in [2.45, 2.75) is 58.2 Å². The van der Waals surface area contributed by atoms with Crippen molar-refractivity contribution in [3.63, 3.8) is 0 Å². The lowest BCUT2D eigenvalue weighted by Gasteiger charge is -2.24. The van der Waals surface area contributed by atoms with E-state index in [9.17, 15) is 9.90 Å². The Morgan fingerprint density at radius 3 is 2.62 bits per heavy atom. The molecule has 1 amide bonds. The fourth-order valence-electron chi connectivity index (χ4n) is 2.12. The Bertz CT molecular complexity index is 221. The fourth-order valence-corrected chi connectivity index (χ4v) is 2.12. The summed E-state index contributed by atoms with van der Waals surface area (Å²) in [6.07, 6.45) is 4.36. The average Bonchev–Trinajstić information content (AvgIpc) is 2.70. The van der Waals surface area contributed by atoms with Crippen molar-refractivity contribution in [1.29, 1.82) is 0 Å². The summed E-state index contributed by atoms with van der Waals surface area (Å²) >= 11 is 0. The molecule has 2 atom stereocenters. The van der Waals surface area contributed by atoms with Gasteiger partial charge in [0, 0.05) is 13.1 Å². The normalized spacial score (nSPS) is 24.7. The largest absolute Gasteiger partial charge is 0.379 e. The van der Waals surface area contributed by atoms with E-state index in [0.717, 1.165) is 25.9 Å². The van der Waals surface area contributed by atoms with Crippen LogP contribution in [0.2, 0.25) is 0 Å². The highest BCUT2D eigenvalue weighted by molar-refractivity contribution is 5.82. The monoisotopic (exact) mass is 228 g/mol. The molecule has 1 fully saturated rings. The van der Waals surface area contributed by atoms with E-state index >= 15 is 0 Å². The van der Waals surface area contributed by atoms with Crippen molar-refractivity contribution in [1.82, 2.24) is 10.2 Å². The first-order chi connectivity index (χ1) is 7.69. The van der Waals surface area contributed by atoms with Gasteiger partial charge >= 0.3 is 0 Å². The molecule has 0 radical (unpaired) electrons. The standard InChI is InChI=1S/C12H24N2O2/c1-3-5-6-9-14(4-2)12(16)10-7-8-11(15)13-10/h10-11,13,15H,3-9H2,1-2H3/t10-,11?/m0/s1. The Morgan fingerprint density at radius 1 is 1.38 bits per heavy atom. The quantitative estimate of drug-likeness (QED) is 0.669. The number of unbranched alkanes of at least 4 members (excludes halogenated alkanes) is 2. The summed E-state index contributed by atoms with van der Waals surface area (Å²) in [5.41, 5.74) is 0. The molecule has 0 aromatic carbocycles. The van der Waals surface area contributed by atoms with Crippen LogP contribution in [0.5, 0.6) is 0 Å². The molecule has 1 unspecified atom stereocenters. The highest BCUT2D eigenvalue weighted by Crippen LogP contribution is 2.13. The summed E-state index contributed by atoms with van der Waals surface area (Å²) in [4.78, 5) is 14.0. The van der Waals surface area contributed by atoms with Crippen LogP contribution in [0.1, 0.15) is 46.0 Å². The number of carbonyl (C=O) groups excluding carboxylic acids is 1. The maximum Gasteiger partial charge on any atom is 0.239 e. The zero-order valence-corrected chi connectivity index (χ0v) is 10.4. The molecule has 0 aromatic heterocycles. The minimum atomic E-state index is -0.497. The molecule has 0 bridgehead atoms. The molecule has 1 aliphatic heterocycles. The summed E-state index contributed by atoms with van der Waals surface area (Å²) in [7, 11) is 0. The predicted octanol–water partition coefficient (Wildman–Crippen LogP) is 1.10. The molecule has 0 saturated carbocycles. The molecule has 94 valence electrons. The Balaban J connectivity index is 2.36. The average molecular weight is 228 g/mol. The van der Waals surface area contributed by atoms with Gasteiger partial charge in [-0.05, 0) is 26.2 Å². The summed E-state index contributed by atoms with van der Waals surface area (Å²) in [5, 5.41) is 12.3. The molecule has 1 heterocycles. The van der Waals surface area contributed by atoms with E-state index in [-0.39, 0.29) is 11.9 Å². The van der Waals surface area contributed by atoms with Crippen molar-refractivity contribution in [2.75, 3.05) is 13.1 Å². The third-order valence-corrected chi connectivity index (χ3v) is 3.15. The van der Waals surface area contributed by atoms with Gasteiger partial charge in [-0.3, -0.25) is 10.1 Å². The van der Waals surface area contributed by atoms with Crippen LogP contribution in [0.25, 0.3) is 0 Å². The number of aliphatic hydroxyl groups excluding tert-OH is 1. The highest BCUT2D eigenvalue weighted by atomic mass is 16.3. The zero-order chi connectivity index (χ0) is 12.0. The second-order valence-electron chi connectivity index (χ2n) is 4.44. The van der Waals surface area contributed by atoms with E-state index in [4.69, 9.17) is 0 Å². The van der Waals surface area contributed by atoms with Gasteiger partial charge in [-0.25, -0.2) is 0 Å². The molecule has 0 aromatic rings. The lowest BCUT2D eigenvalue weighted by molar-refractivity contribution is -0.133. The predicted molar refractivity (Wildman–Crippen MR) is 63.9 cm³/mol. The second kappa shape index (κ2) is 6.86. The summed E-state index contributed by atoms with van der Waals surface area (Å²) in [6, 6.07) is -0.170. The van der Waals surface area contributed by atoms with Gasteiger partial charge < -0.3 is 10.0 Å². The number of carbonyl (C=O) groups is 1. The van der Waals surface area contributed by atoms with Gasteiger partial charge in [0.1, 0.15) is 6.23 Å². The van der Waals surface area contributed by atoms with E-state index in [1.54, 1.807) is 0 Å². The maximum absolute atomic E-state index is 12.1. The van der Waals surface area contributed by atoms with Crippen LogP contribution >= 0.6 is 0 Å². The SMILES string of the molecule is CCCCCN(CC)C(=O)[C@@H]1CCC(O)N1. The summed E-state index contributed by atoms with van der Waals surface area (Å²) < 4.78 is 0. The molecule has 4 heteroatoms. The van der Waals surface area contributed by atoms with Gasteiger partial charge in [0.15, 0.2) is 0 Å². The van der Waals surface area contributed by atoms with Gasteiger partial charge in [-0.1, -0.05) is 19.8 Å². The summed E-state index contributed by atoms with van der Waals surface area (Å²) in [5.74, 6) is 0.148. The lowest BCUT2D eigenvalue weighted by Crippen LogP contribution is -2.45. The Morgan fingerprint density at radius 2 is 2.12 bits per heavy atom. The molecule has 16 heavy (non-hydrogen) atoms. The number of likely N-dealkylation sites (N-methyl/N-ethyl adjacent to an activating group) is 1. The Labute approximate surface area is 98.0 Å². The van der Waals surface area contributed by atoms with Crippen LogP contribution in [-0.4, -0.2) is 41.3 Å². The first kappa shape index (κ1) is 13.5. The van der Waals surface area contributed by atoms with Crippen LogP contribution < -0.4 is 5.32 Å². The van der Waals surface area contributed by atoms with Crippen LogP contribution in [0.3, 0.4) is 0 Å². The van der Waals surface area contributed by atoms with Gasteiger partial charge in [-0.15, -0.1) is 0 Å². The Hall–Kier alpha value is -0.610. The van der Waals surface area contributed by atoms with Crippen molar-refractivity contribution in [2.24, 2.45) is 0 Å². The van der Waals surface area contributed by atoms with Gasteiger partial charge in [0.05, 0.1) is 6.04 Å². The molecule has 0 aliphatic carbocycles. The number of aliphatic hydroxyl groups is 1. The van der Waals surface area contributed by atoms with E-state index in [1.807, 2.05) is 11.8 Å². The van der Waals surface area contributed by atoms with Gasteiger partial charge in [-0.2, -0.15) is 0 Å². The minimum absolute atomic E-state index is 0.148. The lowest BCUT2D eigenvalue weighted by atomic mass is 10.2. The molecule has 2 N–H and O–H groups in total. The van der Waals surface area contributed by atoms with E-state index in [0.29, 0.717) is 6.42 Å². The van der Waals surface area contributed by atoms with Crippen LogP contribution in [0.15, 0.2) is 0 Å². The molecule has 4 nitrogen and oxygen atoms in total. The van der Waals surface area contributed by atoms with Gasteiger partial charge in [0.2, 0.25) is 5.91 Å². The number of hydrogen-bond acceptors (Lipinski definition) is 3. The number of nitrogens with zero attached hydrogens (tertiary/aromatic N) is 1. The minimum Gasteiger partial charge on any atom is -0.379 e. The fraction of sp³-hybridized carbons (Fsp3) is 0.917. The molecule has 0 spiro atoms. The van der Waals surface area contributed by atoms with Crippen molar-refractivity contribution in [3.05, 3.63) is 0 Å². The second-order valence-corrected chi connectivity index (χ2v) is 4.44. The van der Waals surface area contributed by atoms with Crippen molar-refractivity contribution < 1.29 is 9.90 Å². The number of rotatable bonds is 6. The van der Waals surface area contributed by atoms with E-state index in [1.165, 1.54) is 12.8 Å². The smallest absolute Gasteiger partial charge is 0.239 e. The van der Waals surface area contributed by atoms with Crippen LogP contribution in [-0.2, 0) is 4.79 Å². The van der Waals surface area contributed by atoms with Gasteiger partial charge in [0.25, 0.3) is 0 Å². The molecular weight excluding hydrogens is 204 g/mol. The van der Waals surface area contributed by atoms with Crippen LogP contribution in [0, 0.1) is 0 Å². The molecule has 1 rings (SSSR count). The van der Waals surface area contributed by atoms with Crippen molar-refractivity contribution >= 4 is 5.91 Å². The number of amides is 1. The van der Waals surface area contributed by atoms with E-state index in [2.05, 4.69) is 12.2 Å². The number of nitrogens with one attached hydrogen (secondary N) is 1. The molecule has 1 saturated heterocycles. The third-order valence-electron chi connectivity index (χ3n) is 3.15. The van der Waals surface area contributed by atoms with E-state index < -0.39 is 6.23 Å². The first-order valence-corrected chi connectivity index (χ1v) is 6.42. The summed E-state index contributed by atoms with van der Waals surface area (Å²) in [6.45, 7) is 5.77. The van der Waals surface area contributed by atoms with Crippen LogP contribution in [0.4, 0.5) is 0 Å². The topological polar surface area (TPSA) is 52.6 Å². The molecular formula is C12H24N2O2. The Kier molecular flexibility index (Phi) is 5.77. The first-order valence-electron chi connectivity index (χ1n) is 6.42. The third kappa shape index (κ3) is 3.76.